The molecule has 1 N–H and O–H groups in total. The highest BCUT2D eigenvalue weighted by molar-refractivity contribution is 5.93. The Labute approximate surface area is 182 Å². The van der Waals surface area contributed by atoms with Crippen molar-refractivity contribution in [1.29, 1.82) is 0 Å². The van der Waals surface area contributed by atoms with Crippen LogP contribution in [0.2, 0.25) is 0 Å². The lowest BCUT2D eigenvalue weighted by molar-refractivity contribution is -0.148. The van der Waals surface area contributed by atoms with Crippen molar-refractivity contribution in [2.24, 2.45) is 0 Å². The van der Waals surface area contributed by atoms with Gasteiger partial charge in [0.05, 0.1) is 38.3 Å². The molecule has 0 fully saturated rings. The van der Waals surface area contributed by atoms with E-state index in [2.05, 4.69) is 10.1 Å². The number of methoxy groups -OCH3 is 2. The summed E-state index contributed by atoms with van der Waals surface area (Å²) in [6.07, 6.45) is 2.75. The largest absolute Gasteiger partial charge is 0.497 e. The first kappa shape index (κ1) is 23.7. The standard InChI is InChI=1S/C24H27NO6/c1-16(2)31-23(27)15-21(18-10-12-20(29-3)13-11-18)25-22(26)14-7-17-5-8-19(9-6-17)24(28)30-4/h5-14,16,21H,15H2,1-4H3,(H,25,26)/b14-7+. The lowest BCUT2D eigenvalue weighted by Gasteiger charge is -2.19. The fourth-order valence-corrected chi connectivity index (χ4v) is 2.81. The molecule has 1 amide bonds. The van der Waals surface area contributed by atoms with E-state index in [0.29, 0.717) is 11.3 Å². The molecule has 0 aliphatic carbocycles. The molecule has 0 saturated heterocycles. The van der Waals surface area contributed by atoms with Gasteiger partial charge in [-0.25, -0.2) is 4.79 Å². The summed E-state index contributed by atoms with van der Waals surface area (Å²) in [7, 11) is 2.88. The summed E-state index contributed by atoms with van der Waals surface area (Å²) < 4.78 is 15.1. The molecule has 2 aromatic carbocycles. The fraction of sp³-hybridized carbons (Fsp3) is 0.292. The number of carbonyl (C=O) groups excluding carboxylic acids is 3. The van der Waals surface area contributed by atoms with E-state index in [1.807, 2.05) is 0 Å². The second-order valence-electron chi connectivity index (χ2n) is 7.02. The molecule has 0 radical (unpaired) electrons. The quantitative estimate of drug-likeness (QED) is 0.487. The number of amides is 1. The van der Waals surface area contributed by atoms with E-state index in [9.17, 15) is 14.4 Å². The van der Waals surface area contributed by atoms with Crippen molar-refractivity contribution >= 4 is 23.9 Å². The van der Waals surface area contributed by atoms with Crippen molar-refractivity contribution in [2.75, 3.05) is 14.2 Å². The zero-order chi connectivity index (χ0) is 22.8. The molecule has 164 valence electrons. The van der Waals surface area contributed by atoms with Crippen LogP contribution in [0.25, 0.3) is 6.08 Å². The van der Waals surface area contributed by atoms with Gasteiger partial charge >= 0.3 is 11.9 Å². The Morgan fingerprint density at radius 1 is 0.968 bits per heavy atom. The number of nitrogens with one attached hydrogen (secondary N) is 1. The van der Waals surface area contributed by atoms with E-state index in [1.165, 1.54) is 13.2 Å². The van der Waals surface area contributed by atoms with Gasteiger partial charge in [0.15, 0.2) is 0 Å². The van der Waals surface area contributed by atoms with Crippen LogP contribution < -0.4 is 10.1 Å². The Bertz CT molecular complexity index is 916. The molecule has 1 unspecified atom stereocenters. The van der Waals surface area contributed by atoms with Crippen molar-refractivity contribution in [2.45, 2.75) is 32.4 Å². The third kappa shape index (κ3) is 7.62. The van der Waals surface area contributed by atoms with E-state index in [-0.39, 0.29) is 18.4 Å². The number of rotatable bonds is 9. The Morgan fingerprint density at radius 2 is 1.61 bits per heavy atom. The minimum atomic E-state index is -0.559. The first-order chi connectivity index (χ1) is 14.8. The molecule has 7 heteroatoms. The van der Waals surface area contributed by atoms with Gasteiger partial charge in [-0.2, -0.15) is 0 Å². The van der Waals surface area contributed by atoms with Crippen LogP contribution in [0.4, 0.5) is 0 Å². The third-order valence-corrected chi connectivity index (χ3v) is 4.33. The van der Waals surface area contributed by atoms with E-state index in [1.54, 1.807) is 75.6 Å². The number of benzene rings is 2. The number of ether oxygens (including phenoxy) is 3. The average Bonchev–Trinajstić information content (AvgIpc) is 2.76. The molecule has 2 aromatic rings. The minimum Gasteiger partial charge on any atom is -0.497 e. The highest BCUT2D eigenvalue weighted by atomic mass is 16.5. The maximum absolute atomic E-state index is 12.5. The molecule has 0 spiro atoms. The summed E-state index contributed by atoms with van der Waals surface area (Å²) in [5.41, 5.74) is 1.92. The van der Waals surface area contributed by atoms with Crippen LogP contribution >= 0.6 is 0 Å². The van der Waals surface area contributed by atoms with Gasteiger partial charge in [0.25, 0.3) is 0 Å². The van der Waals surface area contributed by atoms with E-state index in [4.69, 9.17) is 9.47 Å². The molecule has 0 aliphatic rings. The summed E-state index contributed by atoms with van der Waals surface area (Å²) in [5, 5.41) is 2.84. The average molecular weight is 425 g/mol. The lowest BCUT2D eigenvalue weighted by atomic mass is 10.0. The Hall–Kier alpha value is -3.61. The van der Waals surface area contributed by atoms with E-state index >= 15 is 0 Å². The first-order valence-corrected chi connectivity index (χ1v) is 9.82. The molecule has 0 aromatic heterocycles. The summed E-state index contributed by atoms with van der Waals surface area (Å²) in [4.78, 5) is 36.2. The predicted octanol–water partition coefficient (Wildman–Crippen LogP) is 3.69. The van der Waals surface area contributed by atoms with Gasteiger partial charge in [-0.1, -0.05) is 24.3 Å². The molecule has 7 nitrogen and oxygen atoms in total. The number of esters is 2. The van der Waals surface area contributed by atoms with Crippen LogP contribution in [0.3, 0.4) is 0 Å². The summed E-state index contributed by atoms with van der Waals surface area (Å²) >= 11 is 0. The Balaban J connectivity index is 2.10. The van der Waals surface area contributed by atoms with Crippen molar-refractivity contribution in [3.8, 4) is 5.75 Å². The van der Waals surface area contributed by atoms with Gasteiger partial charge in [0.2, 0.25) is 5.91 Å². The maximum atomic E-state index is 12.5. The van der Waals surface area contributed by atoms with Gasteiger partial charge in [-0.05, 0) is 55.3 Å². The van der Waals surface area contributed by atoms with Crippen LogP contribution in [0.1, 0.15) is 47.8 Å². The van der Waals surface area contributed by atoms with E-state index in [0.717, 1.165) is 11.1 Å². The van der Waals surface area contributed by atoms with Crippen LogP contribution in [-0.2, 0) is 19.1 Å². The molecule has 0 aliphatic heterocycles. The molecule has 0 bridgehead atoms. The molecule has 1 atom stereocenters. The maximum Gasteiger partial charge on any atom is 0.337 e. The van der Waals surface area contributed by atoms with Gasteiger partial charge in [-0.3, -0.25) is 9.59 Å². The monoisotopic (exact) mass is 425 g/mol. The smallest absolute Gasteiger partial charge is 0.337 e. The molecule has 31 heavy (non-hydrogen) atoms. The fourth-order valence-electron chi connectivity index (χ4n) is 2.81. The molecule has 2 rings (SSSR count). The summed E-state index contributed by atoms with van der Waals surface area (Å²) in [6, 6.07) is 13.2. The number of hydrogen-bond donors (Lipinski definition) is 1. The van der Waals surface area contributed by atoms with Gasteiger partial charge in [0.1, 0.15) is 5.75 Å². The van der Waals surface area contributed by atoms with Crippen molar-refractivity contribution < 1.29 is 28.6 Å². The zero-order valence-corrected chi connectivity index (χ0v) is 18.1. The second kappa shape index (κ2) is 11.5. The highest BCUT2D eigenvalue weighted by Gasteiger charge is 2.19. The predicted molar refractivity (Wildman–Crippen MR) is 117 cm³/mol. The van der Waals surface area contributed by atoms with Crippen LogP contribution in [0.5, 0.6) is 5.75 Å². The van der Waals surface area contributed by atoms with Crippen molar-refractivity contribution in [3.63, 3.8) is 0 Å². The normalized spacial score (nSPS) is 11.8. The SMILES string of the molecule is COC(=O)c1ccc(/C=C/C(=O)NC(CC(=O)OC(C)C)c2ccc(OC)cc2)cc1. The number of hydrogen-bond acceptors (Lipinski definition) is 6. The van der Waals surface area contributed by atoms with E-state index < -0.39 is 18.0 Å². The Morgan fingerprint density at radius 3 is 2.16 bits per heavy atom. The van der Waals surface area contributed by atoms with Crippen LogP contribution in [0, 0.1) is 0 Å². The minimum absolute atomic E-state index is 0.00207. The topological polar surface area (TPSA) is 90.9 Å². The van der Waals surface area contributed by atoms with Crippen LogP contribution in [-0.4, -0.2) is 38.2 Å². The number of carbonyl (C=O) groups is 3. The van der Waals surface area contributed by atoms with Gasteiger partial charge in [-0.15, -0.1) is 0 Å². The van der Waals surface area contributed by atoms with Gasteiger partial charge in [0, 0.05) is 6.08 Å². The highest BCUT2D eigenvalue weighted by Crippen LogP contribution is 2.21. The first-order valence-electron chi connectivity index (χ1n) is 9.82. The third-order valence-electron chi connectivity index (χ3n) is 4.33. The van der Waals surface area contributed by atoms with Gasteiger partial charge < -0.3 is 19.5 Å². The van der Waals surface area contributed by atoms with Crippen LogP contribution in [0.15, 0.2) is 54.6 Å². The molecule has 0 heterocycles. The van der Waals surface area contributed by atoms with Crippen molar-refractivity contribution in [3.05, 3.63) is 71.3 Å². The Kier molecular flexibility index (Phi) is 8.81. The second-order valence-corrected chi connectivity index (χ2v) is 7.02. The summed E-state index contributed by atoms with van der Waals surface area (Å²) in [6.45, 7) is 3.54. The zero-order valence-electron chi connectivity index (χ0n) is 18.1. The van der Waals surface area contributed by atoms with Crippen molar-refractivity contribution in [1.82, 2.24) is 5.32 Å². The molecular weight excluding hydrogens is 398 g/mol. The lowest BCUT2D eigenvalue weighted by Crippen LogP contribution is -2.29. The molecule has 0 saturated carbocycles. The summed E-state index contributed by atoms with van der Waals surface area (Å²) in [5.74, 6) is -0.522. The molecular formula is C24H27NO6.